The van der Waals surface area contributed by atoms with Crippen molar-refractivity contribution in [1.29, 1.82) is 5.26 Å². The molecule has 1 saturated carbocycles. The predicted molar refractivity (Wildman–Crippen MR) is 87.0 cm³/mol. The molecular formula is C17H26N4O2. The SMILES string of the molecule is Cc1c(C(=O)NCCOC2CCCCCC2)cnn1CCC#N. The molecule has 0 aromatic carbocycles. The van der Waals surface area contributed by atoms with Gasteiger partial charge >= 0.3 is 0 Å². The van der Waals surface area contributed by atoms with E-state index in [4.69, 9.17) is 10.00 Å². The van der Waals surface area contributed by atoms with Crippen LogP contribution in [0.4, 0.5) is 0 Å². The van der Waals surface area contributed by atoms with Gasteiger partial charge in [-0.05, 0) is 19.8 Å². The van der Waals surface area contributed by atoms with E-state index in [0.717, 1.165) is 18.5 Å². The van der Waals surface area contributed by atoms with Crippen molar-refractivity contribution in [3.05, 3.63) is 17.5 Å². The maximum Gasteiger partial charge on any atom is 0.254 e. The van der Waals surface area contributed by atoms with Crippen LogP contribution in [0.25, 0.3) is 0 Å². The van der Waals surface area contributed by atoms with Gasteiger partial charge < -0.3 is 10.1 Å². The maximum atomic E-state index is 12.2. The van der Waals surface area contributed by atoms with Gasteiger partial charge in [0.2, 0.25) is 0 Å². The first-order valence-corrected chi connectivity index (χ1v) is 8.51. The molecule has 1 aliphatic rings. The Morgan fingerprint density at radius 1 is 1.43 bits per heavy atom. The molecule has 0 unspecified atom stereocenters. The summed E-state index contributed by atoms with van der Waals surface area (Å²) in [6.45, 7) is 3.43. The van der Waals surface area contributed by atoms with Gasteiger partial charge in [-0.1, -0.05) is 25.7 Å². The number of hydrogen-bond acceptors (Lipinski definition) is 4. The zero-order valence-electron chi connectivity index (χ0n) is 13.9. The van der Waals surface area contributed by atoms with E-state index in [0.29, 0.717) is 37.8 Å². The van der Waals surface area contributed by atoms with Gasteiger partial charge in [0.1, 0.15) is 0 Å². The number of aromatic nitrogens is 2. The lowest BCUT2D eigenvalue weighted by Gasteiger charge is -2.15. The Morgan fingerprint density at radius 2 is 2.17 bits per heavy atom. The van der Waals surface area contributed by atoms with E-state index in [9.17, 15) is 4.79 Å². The Labute approximate surface area is 137 Å². The Kier molecular flexibility index (Phi) is 7.08. The van der Waals surface area contributed by atoms with Gasteiger partial charge in [0, 0.05) is 12.2 Å². The highest BCUT2D eigenvalue weighted by Gasteiger charge is 2.15. The van der Waals surface area contributed by atoms with Gasteiger partial charge in [0.05, 0.1) is 43.5 Å². The van der Waals surface area contributed by atoms with Crippen molar-refractivity contribution >= 4 is 5.91 Å². The summed E-state index contributed by atoms with van der Waals surface area (Å²) in [6.07, 6.45) is 9.70. The van der Waals surface area contributed by atoms with Gasteiger partial charge in [-0.2, -0.15) is 10.4 Å². The molecule has 1 N–H and O–H groups in total. The number of ether oxygens (including phenoxy) is 1. The number of aryl methyl sites for hydroxylation is 1. The van der Waals surface area contributed by atoms with Crippen LogP contribution in [-0.2, 0) is 11.3 Å². The van der Waals surface area contributed by atoms with Crippen LogP contribution in [0, 0.1) is 18.3 Å². The molecule has 1 amide bonds. The minimum atomic E-state index is -0.129. The number of carbonyl (C=O) groups is 1. The Hall–Kier alpha value is -1.87. The van der Waals surface area contributed by atoms with E-state index in [2.05, 4.69) is 16.5 Å². The molecule has 23 heavy (non-hydrogen) atoms. The van der Waals surface area contributed by atoms with E-state index in [1.54, 1.807) is 10.9 Å². The summed E-state index contributed by atoms with van der Waals surface area (Å²) in [5.41, 5.74) is 1.36. The first-order valence-electron chi connectivity index (χ1n) is 8.51. The first kappa shape index (κ1) is 17.5. The number of nitrogens with one attached hydrogen (secondary N) is 1. The predicted octanol–water partition coefficient (Wildman–Crippen LogP) is 2.57. The molecule has 6 heteroatoms. The van der Waals surface area contributed by atoms with Crippen molar-refractivity contribution in [2.24, 2.45) is 0 Å². The second-order valence-corrected chi connectivity index (χ2v) is 6.02. The van der Waals surface area contributed by atoms with Gasteiger partial charge in [0.25, 0.3) is 5.91 Å². The average Bonchev–Trinajstić information content (AvgIpc) is 2.76. The highest BCUT2D eigenvalue weighted by Crippen LogP contribution is 2.19. The molecule has 1 aromatic heterocycles. The minimum Gasteiger partial charge on any atom is -0.376 e. The number of hydrogen-bond donors (Lipinski definition) is 1. The van der Waals surface area contributed by atoms with Crippen LogP contribution in [0.15, 0.2) is 6.20 Å². The average molecular weight is 318 g/mol. The van der Waals surface area contributed by atoms with Crippen LogP contribution in [0.1, 0.15) is 61.0 Å². The van der Waals surface area contributed by atoms with Crippen molar-refractivity contribution in [3.63, 3.8) is 0 Å². The van der Waals surface area contributed by atoms with Gasteiger partial charge in [-0.3, -0.25) is 9.48 Å². The molecule has 1 aromatic rings. The Balaban J connectivity index is 1.72. The lowest BCUT2D eigenvalue weighted by molar-refractivity contribution is 0.0441. The summed E-state index contributed by atoms with van der Waals surface area (Å²) in [6, 6.07) is 2.08. The number of amides is 1. The molecule has 0 aliphatic heterocycles. The van der Waals surface area contributed by atoms with E-state index < -0.39 is 0 Å². The molecule has 0 bridgehead atoms. The third kappa shape index (κ3) is 5.36. The molecule has 0 radical (unpaired) electrons. The van der Waals surface area contributed by atoms with Crippen LogP contribution in [0.5, 0.6) is 0 Å². The fourth-order valence-corrected chi connectivity index (χ4v) is 2.94. The van der Waals surface area contributed by atoms with E-state index in [-0.39, 0.29) is 5.91 Å². The molecule has 1 heterocycles. The molecule has 2 rings (SSSR count). The highest BCUT2D eigenvalue weighted by atomic mass is 16.5. The van der Waals surface area contributed by atoms with Crippen molar-refractivity contribution < 1.29 is 9.53 Å². The molecule has 0 saturated heterocycles. The normalized spacial score (nSPS) is 15.8. The van der Waals surface area contributed by atoms with Crippen molar-refractivity contribution in [2.75, 3.05) is 13.2 Å². The smallest absolute Gasteiger partial charge is 0.254 e. The molecule has 126 valence electrons. The standard InChI is InChI=1S/C17H26N4O2/c1-14-16(13-20-21(14)11-6-9-18)17(22)19-10-12-23-15-7-4-2-3-5-8-15/h13,15H,2-8,10-12H2,1H3,(H,19,22). The largest absolute Gasteiger partial charge is 0.376 e. The van der Waals surface area contributed by atoms with E-state index >= 15 is 0 Å². The maximum absolute atomic E-state index is 12.2. The lowest BCUT2D eigenvalue weighted by Crippen LogP contribution is -2.29. The van der Waals surface area contributed by atoms with Crippen LogP contribution in [0.3, 0.4) is 0 Å². The molecular weight excluding hydrogens is 292 g/mol. The molecule has 1 fully saturated rings. The highest BCUT2D eigenvalue weighted by molar-refractivity contribution is 5.94. The Bertz CT molecular complexity index is 539. The number of rotatable bonds is 7. The number of carbonyl (C=O) groups excluding carboxylic acids is 1. The fraction of sp³-hybridized carbons (Fsp3) is 0.706. The monoisotopic (exact) mass is 318 g/mol. The number of nitrogens with zero attached hydrogens (tertiary/aromatic N) is 3. The van der Waals surface area contributed by atoms with Gasteiger partial charge in [0.15, 0.2) is 0 Å². The zero-order valence-corrected chi connectivity index (χ0v) is 13.9. The second-order valence-electron chi connectivity index (χ2n) is 6.02. The van der Waals surface area contributed by atoms with Gasteiger partial charge in [-0.25, -0.2) is 0 Å². The number of nitriles is 1. The van der Waals surface area contributed by atoms with E-state index in [1.807, 2.05) is 6.92 Å². The minimum absolute atomic E-state index is 0.129. The van der Waals surface area contributed by atoms with Crippen LogP contribution in [0.2, 0.25) is 0 Å². The summed E-state index contributed by atoms with van der Waals surface area (Å²) >= 11 is 0. The summed E-state index contributed by atoms with van der Waals surface area (Å²) in [7, 11) is 0. The summed E-state index contributed by atoms with van der Waals surface area (Å²) in [4.78, 5) is 12.2. The molecule has 0 atom stereocenters. The van der Waals surface area contributed by atoms with Gasteiger partial charge in [-0.15, -0.1) is 0 Å². The lowest BCUT2D eigenvalue weighted by atomic mass is 10.1. The van der Waals surface area contributed by atoms with Crippen molar-refractivity contribution in [2.45, 2.75) is 64.5 Å². The van der Waals surface area contributed by atoms with Crippen molar-refractivity contribution in [1.82, 2.24) is 15.1 Å². The first-order chi connectivity index (χ1) is 11.2. The fourth-order valence-electron chi connectivity index (χ4n) is 2.94. The van der Waals surface area contributed by atoms with E-state index in [1.165, 1.54) is 25.7 Å². The van der Waals surface area contributed by atoms with Crippen LogP contribution < -0.4 is 5.32 Å². The molecule has 0 spiro atoms. The zero-order chi connectivity index (χ0) is 16.5. The second kappa shape index (κ2) is 9.31. The molecule has 1 aliphatic carbocycles. The summed E-state index contributed by atoms with van der Waals surface area (Å²) in [5.74, 6) is -0.129. The summed E-state index contributed by atoms with van der Waals surface area (Å²) in [5, 5.41) is 15.7. The third-order valence-corrected chi connectivity index (χ3v) is 4.33. The summed E-state index contributed by atoms with van der Waals surface area (Å²) < 4.78 is 7.56. The van der Waals surface area contributed by atoms with Crippen LogP contribution in [-0.4, -0.2) is 34.9 Å². The van der Waals surface area contributed by atoms with Crippen molar-refractivity contribution in [3.8, 4) is 6.07 Å². The third-order valence-electron chi connectivity index (χ3n) is 4.33. The van der Waals surface area contributed by atoms with Crippen LogP contribution >= 0.6 is 0 Å². The topological polar surface area (TPSA) is 79.9 Å². The quantitative estimate of drug-likeness (QED) is 0.619. The molecule has 6 nitrogen and oxygen atoms in total. The Morgan fingerprint density at radius 3 is 2.87 bits per heavy atom.